The van der Waals surface area contributed by atoms with E-state index in [0.717, 1.165) is 5.56 Å². The number of H-pyrrole nitrogens is 1. The molecule has 0 unspecified atom stereocenters. The summed E-state index contributed by atoms with van der Waals surface area (Å²) >= 11 is 5.87. The van der Waals surface area contributed by atoms with Gasteiger partial charge in [-0.15, -0.1) is 0 Å². The van der Waals surface area contributed by atoms with Gasteiger partial charge < -0.3 is 15.0 Å². The number of hydrogen-bond acceptors (Lipinski definition) is 4. The van der Waals surface area contributed by atoms with Gasteiger partial charge in [0.1, 0.15) is 5.56 Å². The second kappa shape index (κ2) is 8.54. The lowest BCUT2D eigenvalue weighted by atomic mass is 10.1. The molecule has 6 nitrogen and oxygen atoms in total. The smallest absolute Gasteiger partial charge is 0.338 e. The molecule has 7 heteroatoms. The number of halogens is 1. The third kappa shape index (κ3) is 4.47. The molecule has 3 aromatic rings. The lowest BCUT2D eigenvalue weighted by Crippen LogP contribution is -2.23. The highest BCUT2D eigenvalue weighted by Gasteiger charge is 2.13. The van der Waals surface area contributed by atoms with Crippen molar-refractivity contribution in [3.05, 3.63) is 87.2 Å². The normalized spacial score (nSPS) is 10.4. The van der Waals surface area contributed by atoms with E-state index < -0.39 is 17.4 Å². The van der Waals surface area contributed by atoms with Gasteiger partial charge >= 0.3 is 5.97 Å². The number of benzene rings is 2. The van der Waals surface area contributed by atoms with Crippen LogP contribution in [-0.2, 0) is 4.74 Å². The number of ether oxygens (including phenoxy) is 1. The predicted molar refractivity (Wildman–Crippen MR) is 108 cm³/mol. The summed E-state index contributed by atoms with van der Waals surface area (Å²) in [6, 6.07) is 16.3. The van der Waals surface area contributed by atoms with Gasteiger partial charge in [0.25, 0.3) is 11.5 Å². The van der Waals surface area contributed by atoms with E-state index in [1.807, 2.05) is 0 Å². The third-order valence-corrected chi connectivity index (χ3v) is 4.22. The minimum absolute atomic E-state index is 0.0211. The zero-order valence-corrected chi connectivity index (χ0v) is 15.7. The summed E-state index contributed by atoms with van der Waals surface area (Å²) < 4.78 is 4.91. The first kappa shape index (κ1) is 19.4. The van der Waals surface area contributed by atoms with Crippen LogP contribution in [0.2, 0.25) is 5.02 Å². The maximum Gasteiger partial charge on any atom is 0.338 e. The van der Waals surface area contributed by atoms with Gasteiger partial charge in [-0.25, -0.2) is 4.79 Å². The van der Waals surface area contributed by atoms with Gasteiger partial charge in [0.2, 0.25) is 0 Å². The summed E-state index contributed by atoms with van der Waals surface area (Å²) in [5.41, 5.74) is 1.67. The molecule has 0 aliphatic heterocycles. The van der Waals surface area contributed by atoms with Gasteiger partial charge in [0.15, 0.2) is 0 Å². The quantitative estimate of drug-likeness (QED) is 0.635. The van der Waals surface area contributed by atoms with E-state index in [2.05, 4.69) is 10.3 Å². The second-order valence-corrected chi connectivity index (χ2v) is 6.31. The Morgan fingerprint density at radius 2 is 1.68 bits per heavy atom. The van der Waals surface area contributed by atoms with Gasteiger partial charge in [-0.2, -0.15) is 0 Å². The molecule has 142 valence electrons. The van der Waals surface area contributed by atoms with Crippen LogP contribution in [0.1, 0.15) is 27.6 Å². The Bertz CT molecular complexity index is 1060. The number of aromatic nitrogens is 1. The fourth-order valence-electron chi connectivity index (χ4n) is 2.55. The van der Waals surface area contributed by atoms with E-state index in [1.54, 1.807) is 61.5 Å². The van der Waals surface area contributed by atoms with Crippen molar-refractivity contribution in [3.8, 4) is 11.3 Å². The van der Waals surface area contributed by atoms with Crippen molar-refractivity contribution in [2.75, 3.05) is 11.9 Å². The molecule has 3 rings (SSSR count). The van der Waals surface area contributed by atoms with Crippen molar-refractivity contribution < 1.29 is 14.3 Å². The molecule has 2 N–H and O–H groups in total. The molecule has 0 aliphatic carbocycles. The summed E-state index contributed by atoms with van der Waals surface area (Å²) in [5.74, 6) is -0.984. The van der Waals surface area contributed by atoms with Crippen molar-refractivity contribution in [2.24, 2.45) is 0 Å². The van der Waals surface area contributed by atoms with Crippen LogP contribution < -0.4 is 10.9 Å². The van der Waals surface area contributed by atoms with E-state index in [-0.39, 0.29) is 12.2 Å². The van der Waals surface area contributed by atoms with Gasteiger partial charge in [0.05, 0.1) is 12.2 Å². The summed E-state index contributed by atoms with van der Waals surface area (Å²) in [6.07, 6.45) is 0. The van der Waals surface area contributed by atoms with Gasteiger partial charge in [-0.3, -0.25) is 9.59 Å². The number of anilines is 1. The number of carbonyl (C=O) groups excluding carboxylic acids is 2. The fourth-order valence-corrected chi connectivity index (χ4v) is 2.68. The standard InChI is InChI=1S/C21H17ClN2O4/c1-2-28-21(27)14-5-9-16(10-6-14)23-19(25)17-11-12-18(24-20(17)26)13-3-7-15(22)8-4-13/h3-12H,2H2,1H3,(H,23,25)(H,24,26). The van der Waals surface area contributed by atoms with E-state index in [4.69, 9.17) is 16.3 Å². The Hall–Kier alpha value is -3.38. The number of amides is 1. The minimum atomic E-state index is -0.548. The van der Waals surface area contributed by atoms with Crippen LogP contribution >= 0.6 is 11.6 Å². The van der Waals surface area contributed by atoms with Crippen LogP contribution in [-0.4, -0.2) is 23.5 Å². The van der Waals surface area contributed by atoms with Crippen molar-refractivity contribution in [1.82, 2.24) is 4.98 Å². The highest BCUT2D eigenvalue weighted by atomic mass is 35.5. The molecule has 0 saturated heterocycles. The molecule has 1 aromatic heterocycles. The molecular formula is C21H17ClN2O4. The number of aromatic amines is 1. The fraction of sp³-hybridized carbons (Fsp3) is 0.0952. The van der Waals surface area contributed by atoms with E-state index >= 15 is 0 Å². The lowest BCUT2D eigenvalue weighted by molar-refractivity contribution is 0.0526. The minimum Gasteiger partial charge on any atom is -0.462 e. The molecule has 1 amide bonds. The van der Waals surface area contributed by atoms with Crippen molar-refractivity contribution in [3.63, 3.8) is 0 Å². The largest absolute Gasteiger partial charge is 0.462 e. The van der Waals surface area contributed by atoms with Gasteiger partial charge in [0, 0.05) is 16.4 Å². The zero-order chi connectivity index (χ0) is 20.1. The Balaban J connectivity index is 1.75. The summed E-state index contributed by atoms with van der Waals surface area (Å²) in [6.45, 7) is 2.01. The molecule has 0 radical (unpaired) electrons. The summed E-state index contributed by atoms with van der Waals surface area (Å²) in [5, 5.41) is 3.23. The zero-order valence-electron chi connectivity index (χ0n) is 15.0. The first-order chi connectivity index (χ1) is 13.5. The number of hydrogen-bond donors (Lipinski definition) is 2. The highest BCUT2D eigenvalue weighted by molar-refractivity contribution is 6.30. The molecule has 28 heavy (non-hydrogen) atoms. The summed E-state index contributed by atoms with van der Waals surface area (Å²) in [7, 11) is 0. The van der Waals surface area contributed by atoms with Crippen molar-refractivity contribution in [2.45, 2.75) is 6.92 Å². The Morgan fingerprint density at radius 1 is 1.00 bits per heavy atom. The number of rotatable bonds is 5. The molecule has 2 aromatic carbocycles. The topological polar surface area (TPSA) is 88.3 Å². The van der Waals surface area contributed by atoms with Crippen LogP contribution in [0.4, 0.5) is 5.69 Å². The number of nitrogens with one attached hydrogen (secondary N) is 2. The average Bonchev–Trinajstić information content (AvgIpc) is 2.69. The molecular weight excluding hydrogens is 380 g/mol. The Labute approximate surface area is 166 Å². The molecule has 0 saturated carbocycles. The molecule has 0 spiro atoms. The van der Waals surface area contributed by atoms with Crippen molar-refractivity contribution >= 4 is 29.2 Å². The lowest BCUT2D eigenvalue weighted by Gasteiger charge is -2.07. The Morgan fingerprint density at radius 3 is 2.29 bits per heavy atom. The Kier molecular flexibility index (Phi) is 5.91. The second-order valence-electron chi connectivity index (χ2n) is 5.87. The molecule has 1 heterocycles. The maximum atomic E-state index is 12.4. The third-order valence-electron chi connectivity index (χ3n) is 3.96. The summed E-state index contributed by atoms with van der Waals surface area (Å²) in [4.78, 5) is 39.1. The van der Waals surface area contributed by atoms with E-state index in [1.165, 1.54) is 6.07 Å². The van der Waals surface area contributed by atoms with Gasteiger partial charge in [-0.1, -0.05) is 23.7 Å². The number of carbonyl (C=O) groups is 2. The van der Waals surface area contributed by atoms with E-state index in [0.29, 0.717) is 22.0 Å². The van der Waals surface area contributed by atoms with Crippen LogP contribution in [0.3, 0.4) is 0 Å². The predicted octanol–water partition coefficient (Wildman–Crippen LogP) is 4.12. The number of esters is 1. The molecule has 0 aliphatic rings. The maximum absolute atomic E-state index is 12.4. The van der Waals surface area contributed by atoms with Crippen LogP contribution in [0.25, 0.3) is 11.3 Å². The number of pyridine rings is 1. The van der Waals surface area contributed by atoms with Crippen LogP contribution in [0.5, 0.6) is 0 Å². The SMILES string of the molecule is CCOC(=O)c1ccc(NC(=O)c2ccc(-c3ccc(Cl)cc3)[nH]c2=O)cc1. The van der Waals surface area contributed by atoms with Gasteiger partial charge in [-0.05, 0) is 61.0 Å². The highest BCUT2D eigenvalue weighted by Crippen LogP contribution is 2.19. The van der Waals surface area contributed by atoms with Crippen LogP contribution in [0.15, 0.2) is 65.5 Å². The first-order valence-electron chi connectivity index (χ1n) is 8.55. The molecule has 0 fully saturated rings. The monoisotopic (exact) mass is 396 g/mol. The van der Waals surface area contributed by atoms with E-state index in [9.17, 15) is 14.4 Å². The average molecular weight is 397 g/mol. The van der Waals surface area contributed by atoms with Crippen molar-refractivity contribution in [1.29, 1.82) is 0 Å². The van der Waals surface area contributed by atoms with Crippen LogP contribution in [0, 0.1) is 0 Å². The first-order valence-corrected chi connectivity index (χ1v) is 8.93. The molecule has 0 bridgehead atoms. The molecule has 0 atom stereocenters.